The van der Waals surface area contributed by atoms with Crippen LogP contribution in [0.4, 0.5) is 0 Å². The first kappa shape index (κ1) is 18.5. The van der Waals surface area contributed by atoms with Gasteiger partial charge in [-0.05, 0) is 37.5 Å². The Labute approximate surface area is 154 Å². The van der Waals surface area contributed by atoms with E-state index >= 15 is 0 Å². The third kappa shape index (κ3) is 4.11. The van der Waals surface area contributed by atoms with Crippen LogP contribution in [0.5, 0.6) is 11.5 Å². The second kappa shape index (κ2) is 7.98. The molecule has 1 saturated heterocycles. The van der Waals surface area contributed by atoms with Crippen molar-refractivity contribution in [3.63, 3.8) is 0 Å². The van der Waals surface area contributed by atoms with E-state index < -0.39 is 0 Å². The van der Waals surface area contributed by atoms with Crippen molar-refractivity contribution in [1.29, 1.82) is 0 Å². The standard InChI is InChI=1S/C20H28N2O4/c1-13(2)20(24)22-8-6-15(7-9-22)19(23)21-14(3)16-4-5-17-18(12-16)26-11-10-25-17/h4-5,12-15H,6-11H2,1-3H3,(H,21,23). The monoisotopic (exact) mass is 360 g/mol. The fourth-order valence-corrected chi connectivity index (χ4v) is 3.47. The van der Waals surface area contributed by atoms with E-state index in [2.05, 4.69) is 5.32 Å². The van der Waals surface area contributed by atoms with Crippen LogP contribution in [0.25, 0.3) is 0 Å². The summed E-state index contributed by atoms with van der Waals surface area (Å²) < 4.78 is 11.1. The predicted molar refractivity (Wildman–Crippen MR) is 98.1 cm³/mol. The van der Waals surface area contributed by atoms with Gasteiger partial charge in [0.15, 0.2) is 11.5 Å². The van der Waals surface area contributed by atoms with Crippen molar-refractivity contribution in [3.8, 4) is 11.5 Å². The van der Waals surface area contributed by atoms with Crippen LogP contribution in [-0.4, -0.2) is 43.0 Å². The van der Waals surface area contributed by atoms with Gasteiger partial charge in [-0.1, -0.05) is 19.9 Å². The summed E-state index contributed by atoms with van der Waals surface area (Å²) >= 11 is 0. The van der Waals surface area contributed by atoms with Crippen LogP contribution >= 0.6 is 0 Å². The molecule has 0 aromatic heterocycles. The molecular weight excluding hydrogens is 332 g/mol. The first-order chi connectivity index (χ1) is 12.5. The second-order valence-corrected chi connectivity index (χ2v) is 7.39. The van der Waals surface area contributed by atoms with Gasteiger partial charge in [0.1, 0.15) is 13.2 Å². The van der Waals surface area contributed by atoms with E-state index in [0.29, 0.717) is 26.3 Å². The molecule has 1 unspecified atom stereocenters. The minimum atomic E-state index is -0.103. The number of likely N-dealkylation sites (tertiary alicyclic amines) is 1. The van der Waals surface area contributed by atoms with Gasteiger partial charge in [0, 0.05) is 24.9 Å². The summed E-state index contributed by atoms with van der Waals surface area (Å²) in [5.41, 5.74) is 0.995. The predicted octanol–water partition coefficient (Wildman–Crippen LogP) is 2.53. The van der Waals surface area contributed by atoms with E-state index in [0.717, 1.165) is 29.9 Å². The topological polar surface area (TPSA) is 67.9 Å². The maximum atomic E-state index is 12.6. The van der Waals surface area contributed by atoms with Gasteiger partial charge in [-0.25, -0.2) is 0 Å². The third-order valence-electron chi connectivity index (χ3n) is 5.10. The van der Waals surface area contributed by atoms with Crippen LogP contribution in [0.2, 0.25) is 0 Å². The highest BCUT2D eigenvalue weighted by Gasteiger charge is 2.29. The Bertz CT molecular complexity index is 666. The number of hydrogen-bond acceptors (Lipinski definition) is 4. The van der Waals surface area contributed by atoms with Crippen LogP contribution in [0.15, 0.2) is 18.2 Å². The first-order valence-electron chi connectivity index (χ1n) is 9.44. The highest BCUT2D eigenvalue weighted by atomic mass is 16.6. The number of nitrogens with one attached hydrogen (secondary N) is 1. The lowest BCUT2D eigenvalue weighted by atomic mass is 9.94. The molecule has 1 aromatic rings. The van der Waals surface area contributed by atoms with Gasteiger partial charge in [-0.3, -0.25) is 9.59 Å². The number of hydrogen-bond donors (Lipinski definition) is 1. The van der Waals surface area contributed by atoms with Gasteiger partial charge in [0.25, 0.3) is 0 Å². The molecule has 0 radical (unpaired) electrons. The number of benzene rings is 1. The minimum Gasteiger partial charge on any atom is -0.486 e. The maximum absolute atomic E-state index is 12.6. The van der Waals surface area contributed by atoms with Crippen LogP contribution in [0.3, 0.4) is 0 Å². The molecule has 2 aliphatic rings. The first-order valence-corrected chi connectivity index (χ1v) is 9.44. The molecule has 0 saturated carbocycles. The number of rotatable bonds is 4. The van der Waals surface area contributed by atoms with E-state index in [4.69, 9.17) is 9.47 Å². The fourth-order valence-electron chi connectivity index (χ4n) is 3.47. The maximum Gasteiger partial charge on any atom is 0.225 e. The van der Waals surface area contributed by atoms with E-state index in [1.807, 2.05) is 43.9 Å². The molecule has 0 aliphatic carbocycles. The summed E-state index contributed by atoms with van der Waals surface area (Å²) in [5.74, 6) is 1.69. The fraction of sp³-hybridized carbons (Fsp3) is 0.600. The van der Waals surface area contributed by atoms with E-state index in [1.165, 1.54) is 0 Å². The van der Waals surface area contributed by atoms with Crippen molar-refractivity contribution in [1.82, 2.24) is 10.2 Å². The molecule has 6 nitrogen and oxygen atoms in total. The molecule has 1 fully saturated rings. The van der Waals surface area contributed by atoms with Crippen LogP contribution in [-0.2, 0) is 9.59 Å². The average molecular weight is 360 g/mol. The van der Waals surface area contributed by atoms with Crippen molar-refractivity contribution >= 4 is 11.8 Å². The number of ether oxygens (including phenoxy) is 2. The molecule has 1 atom stereocenters. The Kier molecular flexibility index (Phi) is 5.69. The number of nitrogens with zero attached hydrogens (tertiary/aromatic N) is 1. The van der Waals surface area contributed by atoms with Crippen molar-refractivity contribution in [2.45, 2.75) is 39.7 Å². The van der Waals surface area contributed by atoms with Crippen LogP contribution < -0.4 is 14.8 Å². The summed E-state index contributed by atoms with van der Waals surface area (Å²) in [5, 5.41) is 3.10. The lowest BCUT2D eigenvalue weighted by Gasteiger charge is -2.33. The molecule has 6 heteroatoms. The lowest BCUT2D eigenvalue weighted by molar-refractivity contribution is -0.138. The SMILES string of the molecule is CC(C)C(=O)N1CCC(C(=O)NC(C)c2ccc3c(c2)OCCO3)CC1. The molecular formula is C20H28N2O4. The van der Waals surface area contributed by atoms with Crippen molar-refractivity contribution in [2.24, 2.45) is 11.8 Å². The number of amides is 2. The highest BCUT2D eigenvalue weighted by molar-refractivity contribution is 5.81. The van der Waals surface area contributed by atoms with E-state index in [9.17, 15) is 9.59 Å². The zero-order valence-electron chi connectivity index (χ0n) is 15.8. The zero-order chi connectivity index (χ0) is 18.7. The zero-order valence-corrected chi connectivity index (χ0v) is 15.8. The minimum absolute atomic E-state index is 0.00982. The van der Waals surface area contributed by atoms with Gasteiger partial charge in [-0.2, -0.15) is 0 Å². The highest BCUT2D eigenvalue weighted by Crippen LogP contribution is 2.32. The van der Waals surface area contributed by atoms with E-state index in [-0.39, 0.29) is 29.7 Å². The molecule has 0 spiro atoms. The van der Waals surface area contributed by atoms with Gasteiger partial charge in [-0.15, -0.1) is 0 Å². The Balaban J connectivity index is 1.54. The summed E-state index contributed by atoms with van der Waals surface area (Å²) in [7, 11) is 0. The Morgan fingerprint density at radius 2 is 1.73 bits per heavy atom. The van der Waals surface area contributed by atoms with E-state index in [1.54, 1.807) is 0 Å². The third-order valence-corrected chi connectivity index (χ3v) is 5.10. The molecule has 3 rings (SSSR count). The second-order valence-electron chi connectivity index (χ2n) is 7.39. The summed E-state index contributed by atoms with van der Waals surface area (Å²) in [6.45, 7) is 8.23. The molecule has 142 valence electrons. The molecule has 2 aliphatic heterocycles. The molecule has 1 N–H and O–H groups in total. The quantitative estimate of drug-likeness (QED) is 0.896. The Morgan fingerprint density at radius 1 is 1.08 bits per heavy atom. The van der Waals surface area contributed by atoms with Crippen molar-refractivity contribution in [2.75, 3.05) is 26.3 Å². The number of fused-ring (bicyclic) bond motifs is 1. The van der Waals surface area contributed by atoms with Crippen molar-refractivity contribution in [3.05, 3.63) is 23.8 Å². The van der Waals surface area contributed by atoms with Gasteiger partial charge in [0.05, 0.1) is 6.04 Å². The molecule has 1 aromatic carbocycles. The van der Waals surface area contributed by atoms with Crippen molar-refractivity contribution < 1.29 is 19.1 Å². The largest absolute Gasteiger partial charge is 0.486 e. The smallest absolute Gasteiger partial charge is 0.225 e. The normalized spacial score (nSPS) is 18.5. The number of piperidine rings is 1. The molecule has 0 bridgehead atoms. The number of carbonyl (C=O) groups is 2. The molecule has 2 amide bonds. The number of carbonyl (C=O) groups excluding carboxylic acids is 2. The summed E-state index contributed by atoms with van der Waals surface area (Å²) in [6, 6.07) is 5.68. The Hall–Kier alpha value is -2.24. The molecule has 2 heterocycles. The molecule has 26 heavy (non-hydrogen) atoms. The van der Waals surface area contributed by atoms with Gasteiger partial charge < -0.3 is 19.7 Å². The lowest BCUT2D eigenvalue weighted by Crippen LogP contribution is -2.44. The average Bonchev–Trinajstić information content (AvgIpc) is 2.67. The van der Waals surface area contributed by atoms with Gasteiger partial charge in [0.2, 0.25) is 11.8 Å². The van der Waals surface area contributed by atoms with Crippen LogP contribution in [0.1, 0.15) is 45.2 Å². The summed E-state index contributed by atoms with van der Waals surface area (Å²) in [4.78, 5) is 26.5. The van der Waals surface area contributed by atoms with Crippen LogP contribution in [0, 0.1) is 11.8 Å². The van der Waals surface area contributed by atoms with Gasteiger partial charge >= 0.3 is 0 Å². The Morgan fingerprint density at radius 3 is 2.38 bits per heavy atom. The summed E-state index contributed by atoms with van der Waals surface area (Å²) in [6.07, 6.45) is 1.44.